The lowest BCUT2D eigenvalue weighted by atomic mass is 10.3. The molecule has 0 saturated heterocycles. The Balaban J connectivity index is 2.63. The van der Waals surface area contributed by atoms with Crippen molar-refractivity contribution in [3.05, 3.63) is 36.7 Å². The minimum absolute atomic E-state index is 0.267. The van der Waals surface area contributed by atoms with Crippen molar-refractivity contribution in [3.8, 4) is 17.5 Å². The molecule has 0 radical (unpaired) electrons. The first-order valence-corrected chi connectivity index (χ1v) is 4.28. The molecule has 0 amide bonds. The molecule has 0 aromatic carbocycles. The second-order valence-electron chi connectivity index (χ2n) is 2.79. The molecule has 2 aromatic heterocycles. The summed E-state index contributed by atoms with van der Waals surface area (Å²) in [5.74, 6) is 0.456. The standard InChI is InChI=1S/C10H8N4O/c1-15-10-8(6-11)13-3-2-9(10)14-5-4-12-7-14/h2-5,7H,1H3. The Hall–Kier alpha value is -2.35. The van der Waals surface area contributed by atoms with Crippen LogP contribution in [0, 0.1) is 11.3 Å². The maximum Gasteiger partial charge on any atom is 0.184 e. The lowest BCUT2D eigenvalue weighted by Gasteiger charge is -2.08. The second-order valence-corrected chi connectivity index (χ2v) is 2.79. The fourth-order valence-electron chi connectivity index (χ4n) is 1.32. The van der Waals surface area contributed by atoms with Crippen LogP contribution >= 0.6 is 0 Å². The number of aromatic nitrogens is 3. The quantitative estimate of drug-likeness (QED) is 0.729. The van der Waals surface area contributed by atoms with Crippen LogP contribution in [-0.2, 0) is 0 Å². The number of ether oxygens (including phenoxy) is 1. The fraction of sp³-hybridized carbons (Fsp3) is 0.100. The highest BCUT2D eigenvalue weighted by Gasteiger charge is 2.10. The Morgan fingerprint density at radius 3 is 2.93 bits per heavy atom. The third-order valence-corrected chi connectivity index (χ3v) is 1.98. The number of methoxy groups -OCH3 is 1. The van der Waals surface area contributed by atoms with Crippen LogP contribution in [0.1, 0.15) is 5.69 Å². The molecule has 2 heterocycles. The van der Waals surface area contributed by atoms with Crippen LogP contribution in [0.4, 0.5) is 0 Å². The van der Waals surface area contributed by atoms with Crippen LogP contribution in [0.25, 0.3) is 5.69 Å². The molecule has 0 unspecified atom stereocenters. The van der Waals surface area contributed by atoms with Crippen LogP contribution in [0.15, 0.2) is 31.0 Å². The summed E-state index contributed by atoms with van der Waals surface area (Å²) in [6.45, 7) is 0. The molecule has 0 aliphatic carbocycles. The molecule has 0 aliphatic heterocycles. The van der Waals surface area contributed by atoms with E-state index in [0.29, 0.717) is 5.75 Å². The first-order valence-electron chi connectivity index (χ1n) is 4.28. The van der Waals surface area contributed by atoms with Crippen molar-refractivity contribution >= 4 is 0 Å². The Morgan fingerprint density at radius 1 is 1.47 bits per heavy atom. The predicted molar refractivity (Wildman–Crippen MR) is 52.6 cm³/mol. The van der Waals surface area contributed by atoms with Gasteiger partial charge in [0, 0.05) is 18.6 Å². The first-order chi connectivity index (χ1) is 7.36. The Labute approximate surface area is 86.6 Å². The van der Waals surface area contributed by atoms with Gasteiger partial charge in [-0.1, -0.05) is 0 Å². The van der Waals surface area contributed by atoms with Gasteiger partial charge in [-0.15, -0.1) is 0 Å². The molecule has 5 heteroatoms. The highest BCUT2D eigenvalue weighted by atomic mass is 16.5. The van der Waals surface area contributed by atoms with E-state index in [1.807, 2.05) is 6.07 Å². The van der Waals surface area contributed by atoms with Gasteiger partial charge in [-0.25, -0.2) is 9.97 Å². The Kier molecular flexibility index (Phi) is 2.33. The number of rotatable bonds is 2. The summed E-state index contributed by atoms with van der Waals surface area (Å²) < 4.78 is 6.92. The summed E-state index contributed by atoms with van der Waals surface area (Å²) in [4.78, 5) is 7.85. The summed E-state index contributed by atoms with van der Waals surface area (Å²) in [5.41, 5.74) is 1.02. The van der Waals surface area contributed by atoms with E-state index in [1.54, 1.807) is 35.6 Å². The zero-order valence-electron chi connectivity index (χ0n) is 8.08. The first kappa shape index (κ1) is 9.21. The molecule has 0 fully saturated rings. The topological polar surface area (TPSA) is 63.7 Å². The van der Waals surface area contributed by atoms with Gasteiger partial charge in [-0.3, -0.25) is 0 Å². The number of nitriles is 1. The SMILES string of the molecule is COc1c(-n2ccnc2)ccnc1C#N. The van der Waals surface area contributed by atoms with E-state index in [9.17, 15) is 0 Å². The Morgan fingerprint density at radius 2 is 2.33 bits per heavy atom. The van der Waals surface area contributed by atoms with Crippen molar-refractivity contribution in [2.75, 3.05) is 7.11 Å². The molecule has 2 aromatic rings. The van der Waals surface area contributed by atoms with Gasteiger partial charge in [-0.05, 0) is 6.07 Å². The van der Waals surface area contributed by atoms with Crippen molar-refractivity contribution in [3.63, 3.8) is 0 Å². The van der Waals surface area contributed by atoms with E-state index < -0.39 is 0 Å². The summed E-state index contributed by atoms with van der Waals surface area (Å²) in [6.07, 6.45) is 6.64. The molecular weight excluding hydrogens is 192 g/mol. The summed E-state index contributed by atoms with van der Waals surface area (Å²) in [6, 6.07) is 3.74. The third kappa shape index (κ3) is 1.53. The molecule has 0 saturated carbocycles. The summed E-state index contributed by atoms with van der Waals surface area (Å²) in [5, 5.41) is 8.85. The number of nitrogens with zero attached hydrogens (tertiary/aromatic N) is 4. The lowest BCUT2D eigenvalue weighted by Crippen LogP contribution is -1.99. The summed E-state index contributed by atoms with van der Waals surface area (Å²) >= 11 is 0. The largest absolute Gasteiger partial charge is 0.492 e. The highest BCUT2D eigenvalue weighted by molar-refractivity contribution is 5.52. The average molecular weight is 200 g/mol. The molecule has 5 nitrogen and oxygen atoms in total. The minimum Gasteiger partial charge on any atom is -0.492 e. The monoisotopic (exact) mass is 200 g/mol. The zero-order valence-corrected chi connectivity index (χ0v) is 8.08. The molecule has 2 rings (SSSR count). The van der Waals surface area contributed by atoms with Crippen LogP contribution in [0.3, 0.4) is 0 Å². The van der Waals surface area contributed by atoms with Gasteiger partial charge in [0.25, 0.3) is 0 Å². The molecule has 0 atom stereocenters. The summed E-state index contributed by atoms with van der Waals surface area (Å²) in [7, 11) is 1.51. The van der Waals surface area contributed by atoms with Crippen molar-refractivity contribution in [2.24, 2.45) is 0 Å². The molecule has 74 valence electrons. The van der Waals surface area contributed by atoms with Gasteiger partial charge in [0.2, 0.25) is 0 Å². The number of hydrogen-bond acceptors (Lipinski definition) is 4. The van der Waals surface area contributed by atoms with Crippen LogP contribution in [0.5, 0.6) is 5.75 Å². The maximum atomic E-state index is 8.85. The average Bonchev–Trinajstić information content (AvgIpc) is 2.81. The molecular formula is C10H8N4O. The molecule has 0 aliphatic rings. The minimum atomic E-state index is 0.267. The highest BCUT2D eigenvalue weighted by Crippen LogP contribution is 2.24. The molecule has 0 spiro atoms. The normalized spacial score (nSPS) is 9.60. The number of pyridine rings is 1. The second kappa shape index (κ2) is 3.80. The van der Waals surface area contributed by atoms with E-state index >= 15 is 0 Å². The maximum absolute atomic E-state index is 8.85. The van der Waals surface area contributed by atoms with E-state index in [4.69, 9.17) is 10.00 Å². The van der Waals surface area contributed by atoms with Gasteiger partial charge < -0.3 is 9.30 Å². The van der Waals surface area contributed by atoms with E-state index in [0.717, 1.165) is 5.69 Å². The zero-order chi connectivity index (χ0) is 10.7. The Bertz CT molecular complexity index is 499. The van der Waals surface area contributed by atoms with E-state index in [2.05, 4.69) is 9.97 Å². The van der Waals surface area contributed by atoms with Crippen LogP contribution < -0.4 is 4.74 Å². The predicted octanol–water partition coefficient (Wildman–Crippen LogP) is 1.15. The van der Waals surface area contributed by atoms with Crippen molar-refractivity contribution in [1.29, 1.82) is 5.26 Å². The van der Waals surface area contributed by atoms with Crippen molar-refractivity contribution in [2.45, 2.75) is 0 Å². The van der Waals surface area contributed by atoms with Gasteiger partial charge in [0.05, 0.1) is 19.1 Å². The van der Waals surface area contributed by atoms with Gasteiger partial charge in [0.1, 0.15) is 6.07 Å². The van der Waals surface area contributed by atoms with Crippen molar-refractivity contribution < 1.29 is 4.74 Å². The van der Waals surface area contributed by atoms with Gasteiger partial charge in [-0.2, -0.15) is 5.26 Å². The molecule has 15 heavy (non-hydrogen) atoms. The number of hydrogen-bond donors (Lipinski definition) is 0. The molecule has 0 bridgehead atoms. The van der Waals surface area contributed by atoms with Crippen LogP contribution in [0.2, 0.25) is 0 Å². The van der Waals surface area contributed by atoms with Gasteiger partial charge in [0.15, 0.2) is 11.4 Å². The fourth-order valence-corrected chi connectivity index (χ4v) is 1.32. The van der Waals surface area contributed by atoms with Gasteiger partial charge >= 0.3 is 0 Å². The van der Waals surface area contributed by atoms with E-state index in [1.165, 1.54) is 7.11 Å². The van der Waals surface area contributed by atoms with Crippen LogP contribution in [-0.4, -0.2) is 21.6 Å². The van der Waals surface area contributed by atoms with Crippen molar-refractivity contribution in [1.82, 2.24) is 14.5 Å². The number of imidazole rings is 1. The smallest absolute Gasteiger partial charge is 0.184 e. The third-order valence-electron chi connectivity index (χ3n) is 1.98. The molecule has 0 N–H and O–H groups in total. The van der Waals surface area contributed by atoms with E-state index in [-0.39, 0.29) is 5.69 Å². The lowest BCUT2D eigenvalue weighted by molar-refractivity contribution is 0.409.